The predicted octanol–water partition coefficient (Wildman–Crippen LogP) is 5.13. The number of hydrogen-bond acceptors (Lipinski definition) is 4. The molecule has 1 heterocycles. The van der Waals surface area contributed by atoms with Crippen LogP contribution in [0.25, 0.3) is 10.9 Å². The first-order valence-corrected chi connectivity index (χ1v) is 10.5. The van der Waals surface area contributed by atoms with Crippen LogP contribution < -0.4 is 10.0 Å². The fourth-order valence-corrected chi connectivity index (χ4v) is 3.82. The van der Waals surface area contributed by atoms with Crippen LogP contribution in [0.2, 0.25) is 10.2 Å². The molecule has 1 aromatic heterocycles. The van der Waals surface area contributed by atoms with Gasteiger partial charge in [-0.25, -0.2) is 8.42 Å². The highest BCUT2D eigenvalue weighted by molar-refractivity contribution is 7.92. The number of anilines is 2. The number of halogens is 2. The van der Waals surface area contributed by atoms with Crippen LogP contribution in [0, 0.1) is 5.41 Å². The lowest BCUT2D eigenvalue weighted by Crippen LogP contribution is -2.19. The van der Waals surface area contributed by atoms with Gasteiger partial charge >= 0.3 is 0 Å². The minimum atomic E-state index is -3.76. The van der Waals surface area contributed by atoms with Crippen LogP contribution in [0.4, 0.5) is 11.4 Å². The molecule has 0 atom stereocenters. The van der Waals surface area contributed by atoms with Gasteiger partial charge in [-0.2, -0.15) is 5.10 Å². The number of nitrogens with one attached hydrogen (secondary N) is 3. The van der Waals surface area contributed by atoms with Gasteiger partial charge in [-0.05, 0) is 41.8 Å². The van der Waals surface area contributed by atoms with Crippen LogP contribution in [-0.2, 0) is 10.0 Å². The number of benzene rings is 2. The van der Waals surface area contributed by atoms with E-state index in [2.05, 4.69) is 41.0 Å². The summed E-state index contributed by atoms with van der Waals surface area (Å²) in [5.74, 6) is 0. The van der Waals surface area contributed by atoms with E-state index in [0.29, 0.717) is 39.0 Å². The van der Waals surface area contributed by atoms with E-state index in [9.17, 15) is 8.42 Å². The highest BCUT2D eigenvalue weighted by Crippen LogP contribution is 2.32. The van der Waals surface area contributed by atoms with Crippen molar-refractivity contribution in [3.63, 3.8) is 0 Å². The highest BCUT2D eigenvalue weighted by atomic mass is 35.5. The number of aromatic nitrogens is 2. The Hall–Kier alpha value is -1.96. The fourth-order valence-electron chi connectivity index (χ4n) is 2.47. The van der Waals surface area contributed by atoms with Crippen molar-refractivity contribution in [1.29, 1.82) is 0 Å². The van der Waals surface area contributed by atoms with E-state index in [1.165, 1.54) is 24.3 Å². The third kappa shape index (κ3) is 4.66. The third-order valence-corrected chi connectivity index (χ3v) is 5.73. The summed E-state index contributed by atoms with van der Waals surface area (Å²) in [5, 5.41) is 11.7. The Morgan fingerprint density at radius 2 is 1.78 bits per heavy atom. The summed E-state index contributed by atoms with van der Waals surface area (Å²) < 4.78 is 27.9. The zero-order valence-corrected chi connectivity index (χ0v) is 17.4. The van der Waals surface area contributed by atoms with E-state index in [1.807, 2.05) is 0 Å². The summed E-state index contributed by atoms with van der Waals surface area (Å²) in [7, 11) is -3.76. The van der Waals surface area contributed by atoms with Crippen LogP contribution in [0.15, 0.2) is 41.3 Å². The van der Waals surface area contributed by atoms with Crippen LogP contribution in [0.3, 0.4) is 0 Å². The summed E-state index contributed by atoms with van der Waals surface area (Å²) in [5.41, 5.74) is 1.76. The molecule has 0 saturated heterocycles. The Morgan fingerprint density at radius 1 is 1.11 bits per heavy atom. The Labute approximate surface area is 168 Å². The van der Waals surface area contributed by atoms with Crippen molar-refractivity contribution < 1.29 is 8.42 Å². The Bertz CT molecular complexity index is 1070. The van der Waals surface area contributed by atoms with E-state index >= 15 is 0 Å². The number of rotatable bonds is 5. The molecule has 0 amide bonds. The van der Waals surface area contributed by atoms with E-state index in [0.717, 1.165) is 0 Å². The molecule has 0 bridgehead atoms. The molecule has 0 unspecified atom stereocenters. The Balaban J connectivity index is 1.98. The lowest BCUT2D eigenvalue weighted by molar-refractivity contribution is 0.443. The predicted molar refractivity (Wildman–Crippen MR) is 111 cm³/mol. The highest BCUT2D eigenvalue weighted by Gasteiger charge is 2.18. The van der Waals surface area contributed by atoms with Crippen molar-refractivity contribution in [3.8, 4) is 0 Å². The standard InChI is InChI=1S/C18H20Cl2N4O2S/c1-18(2,3)10-21-15-9-12(8-14-16(15)22-23-17(14)20)24-27(25,26)13-6-4-11(19)5-7-13/h4-9,21,24H,10H2,1-3H3,(H,22,23). The van der Waals surface area contributed by atoms with Crippen molar-refractivity contribution in [2.45, 2.75) is 25.7 Å². The number of sulfonamides is 1. The number of hydrogen-bond donors (Lipinski definition) is 3. The van der Waals surface area contributed by atoms with Gasteiger partial charge in [-0.1, -0.05) is 44.0 Å². The molecule has 3 N–H and O–H groups in total. The van der Waals surface area contributed by atoms with Gasteiger partial charge < -0.3 is 5.32 Å². The molecule has 0 saturated carbocycles. The molecule has 0 aliphatic rings. The van der Waals surface area contributed by atoms with Crippen LogP contribution >= 0.6 is 23.2 Å². The second-order valence-electron chi connectivity index (χ2n) is 7.43. The number of nitrogens with zero attached hydrogens (tertiary/aromatic N) is 1. The maximum Gasteiger partial charge on any atom is 0.261 e. The molecule has 3 aromatic rings. The summed E-state index contributed by atoms with van der Waals surface area (Å²) in [6, 6.07) is 9.32. The molecule has 144 valence electrons. The van der Waals surface area contributed by atoms with Crippen molar-refractivity contribution in [2.24, 2.45) is 5.41 Å². The summed E-state index contributed by atoms with van der Waals surface area (Å²) in [6.45, 7) is 6.98. The number of H-pyrrole nitrogens is 1. The Kier molecular flexibility index (Phi) is 5.29. The Morgan fingerprint density at radius 3 is 2.41 bits per heavy atom. The van der Waals surface area contributed by atoms with Crippen LogP contribution in [0.5, 0.6) is 0 Å². The number of fused-ring (bicyclic) bond motifs is 1. The zero-order valence-electron chi connectivity index (χ0n) is 15.1. The summed E-state index contributed by atoms with van der Waals surface area (Å²) in [4.78, 5) is 0.120. The lowest BCUT2D eigenvalue weighted by atomic mass is 9.97. The van der Waals surface area contributed by atoms with Gasteiger partial charge in [-0.3, -0.25) is 9.82 Å². The molecular weight excluding hydrogens is 407 g/mol. The minimum absolute atomic E-state index is 0.0330. The van der Waals surface area contributed by atoms with E-state index in [1.54, 1.807) is 12.1 Å². The molecule has 27 heavy (non-hydrogen) atoms. The van der Waals surface area contributed by atoms with Gasteiger partial charge in [0.2, 0.25) is 0 Å². The van der Waals surface area contributed by atoms with Gasteiger partial charge in [0.25, 0.3) is 10.0 Å². The third-order valence-electron chi connectivity index (χ3n) is 3.80. The van der Waals surface area contributed by atoms with Gasteiger partial charge in [0, 0.05) is 17.0 Å². The smallest absolute Gasteiger partial charge is 0.261 e. The average Bonchev–Trinajstić information content (AvgIpc) is 2.93. The molecule has 0 radical (unpaired) electrons. The molecule has 2 aromatic carbocycles. The first-order valence-electron chi connectivity index (χ1n) is 8.25. The second-order valence-corrected chi connectivity index (χ2v) is 9.93. The normalized spacial score (nSPS) is 12.3. The maximum absolute atomic E-state index is 12.7. The molecule has 0 aliphatic carbocycles. The van der Waals surface area contributed by atoms with E-state index in [4.69, 9.17) is 23.2 Å². The quantitative estimate of drug-likeness (QED) is 0.527. The summed E-state index contributed by atoms with van der Waals surface area (Å²) >= 11 is 12.0. The van der Waals surface area contributed by atoms with Crippen molar-refractivity contribution >= 4 is 55.5 Å². The van der Waals surface area contributed by atoms with E-state index < -0.39 is 10.0 Å². The second kappa shape index (κ2) is 7.22. The number of aromatic amines is 1. The van der Waals surface area contributed by atoms with Crippen molar-refractivity contribution in [2.75, 3.05) is 16.6 Å². The fraction of sp³-hybridized carbons (Fsp3) is 0.278. The van der Waals surface area contributed by atoms with Gasteiger partial charge in [0.05, 0.1) is 16.3 Å². The van der Waals surface area contributed by atoms with E-state index in [-0.39, 0.29) is 10.3 Å². The first kappa shape index (κ1) is 19.8. The van der Waals surface area contributed by atoms with Gasteiger partial charge in [-0.15, -0.1) is 0 Å². The van der Waals surface area contributed by atoms with Gasteiger partial charge in [0.15, 0.2) is 0 Å². The molecule has 0 aliphatic heterocycles. The molecule has 0 spiro atoms. The largest absolute Gasteiger partial charge is 0.383 e. The van der Waals surface area contributed by atoms with Crippen LogP contribution in [-0.4, -0.2) is 25.2 Å². The van der Waals surface area contributed by atoms with Crippen molar-refractivity contribution in [1.82, 2.24) is 10.2 Å². The topological polar surface area (TPSA) is 86.9 Å². The van der Waals surface area contributed by atoms with Crippen molar-refractivity contribution in [3.05, 3.63) is 46.6 Å². The average molecular weight is 427 g/mol. The minimum Gasteiger partial charge on any atom is -0.383 e. The monoisotopic (exact) mass is 426 g/mol. The summed E-state index contributed by atoms with van der Waals surface area (Å²) in [6.07, 6.45) is 0. The molecule has 6 nitrogen and oxygen atoms in total. The molecule has 9 heteroatoms. The zero-order chi connectivity index (χ0) is 19.8. The SMILES string of the molecule is CC(C)(C)CNc1cc(NS(=O)(=O)c2ccc(Cl)cc2)cc2c(Cl)[nH]nc12. The lowest BCUT2D eigenvalue weighted by Gasteiger charge is -2.20. The molecular formula is C18H20Cl2N4O2S. The van der Waals surface area contributed by atoms with Crippen LogP contribution in [0.1, 0.15) is 20.8 Å². The van der Waals surface area contributed by atoms with Gasteiger partial charge in [0.1, 0.15) is 10.7 Å². The molecule has 0 fully saturated rings. The first-order chi connectivity index (χ1) is 12.5. The molecule has 3 rings (SSSR count). The maximum atomic E-state index is 12.7.